The molecule has 0 fully saturated rings. The van der Waals surface area contributed by atoms with Crippen molar-refractivity contribution in [2.45, 2.75) is 20.8 Å². The molecule has 0 saturated carbocycles. The lowest BCUT2D eigenvalue weighted by Gasteiger charge is -2.01. The standard InChI is InChI=1S/C11H10N2O3.C2H6/c1-6-12-9-5-7(11(15)16-2)3-4-8(9)10(14)13-6;1-2/h3-5H,1-2H3,(H,12,13,14);1-2H3. The number of methoxy groups -OCH3 is 1. The molecule has 0 unspecified atom stereocenters. The third kappa shape index (κ3) is 2.74. The highest BCUT2D eigenvalue weighted by molar-refractivity contribution is 5.93. The van der Waals surface area contributed by atoms with Gasteiger partial charge in [-0.3, -0.25) is 4.79 Å². The van der Waals surface area contributed by atoms with Crippen molar-refractivity contribution in [3.8, 4) is 0 Å². The van der Waals surface area contributed by atoms with E-state index in [9.17, 15) is 9.59 Å². The predicted octanol–water partition coefficient (Wildman–Crippen LogP) is 2.04. The highest BCUT2D eigenvalue weighted by Gasteiger charge is 2.08. The molecule has 0 bridgehead atoms. The van der Waals surface area contributed by atoms with E-state index in [4.69, 9.17) is 0 Å². The van der Waals surface area contributed by atoms with Gasteiger partial charge in [-0.15, -0.1) is 0 Å². The number of nitrogens with zero attached hydrogens (tertiary/aromatic N) is 1. The van der Waals surface area contributed by atoms with Crippen LogP contribution in [0.4, 0.5) is 0 Å². The molecule has 2 aromatic rings. The maximum Gasteiger partial charge on any atom is 0.337 e. The molecule has 1 aromatic carbocycles. The number of ether oxygens (including phenoxy) is 1. The van der Waals surface area contributed by atoms with Crippen molar-refractivity contribution < 1.29 is 9.53 Å². The molecule has 0 saturated heterocycles. The highest BCUT2D eigenvalue weighted by atomic mass is 16.5. The molecule has 1 aromatic heterocycles. The molecule has 5 nitrogen and oxygen atoms in total. The first-order valence-corrected chi connectivity index (χ1v) is 5.71. The van der Waals surface area contributed by atoms with E-state index in [1.54, 1.807) is 25.1 Å². The van der Waals surface area contributed by atoms with Gasteiger partial charge in [-0.25, -0.2) is 9.78 Å². The molecule has 18 heavy (non-hydrogen) atoms. The Hall–Kier alpha value is -2.17. The lowest BCUT2D eigenvalue weighted by molar-refractivity contribution is 0.0601. The summed E-state index contributed by atoms with van der Waals surface area (Å²) in [5, 5.41) is 0.457. The Bertz CT molecular complexity index is 617. The number of rotatable bonds is 1. The van der Waals surface area contributed by atoms with Gasteiger partial charge >= 0.3 is 5.97 Å². The zero-order valence-corrected chi connectivity index (χ0v) is 10.9. The molecular weight excluding hydrogens is 232 g/mol. The monoisotopic (exact) mass is 248 g/mol. The van der Waals surface area contributed by atoms with E-state index in [2.05, 4.69) is 14.7 Å². The van der Waals surface area contributed by atoms with Gasteiger partial charge in [-0.05, 0) is 25.1 Å². The van der Waals surface area contributed by atoms with Gasteiger partial charge in [-0.1, -0.05) is 13.8 Å². The quantitative estimate of drug-likeness (QED) is 0.784. The number of carbonyl (C=O) groups is 1. The number of hydrogen-bond donors (Lipinski definition) is 1. The molecule has 0 amide bonds. The summed E-state index contributed by atoms with van der Waals surface area (Å²) in [4.78, 5) is 29.6. The van der Waals surface area contributed by atoms with Crippen LogP contribution in [0.2, 0.25) is 0 Å². The molecule has 5 heteroatoms. The van der Waals surface area contributed by atoms with Crippen molar-refractivity contribution in [2.24, 2.45) is 0 Å². The van der Waals surface area contributed by atoms with Crippen LogP contribution in [0.25, 0.3) is 10.9 Å². The van der Waals surface area contributed by atoms with Gasteiger partial charge in [-0.2, -0.15) is 0 Å². The fourth-order valence-electron chi connectivity index (χ4n) is 1.50. The maximum absolute atomic E-state index is 11.5. The minimum Gasteiger partial charge on any atom is -0.465 e. The van der Waals surface area contributed by atoms with Crippen LogP contribution in [0.5, 0.6) is 0 Å². The first kappa shape index (κ1) is 13.9. The lowest BCUT2D eigenvalue weighted by Crippen LogP contribution is -2.10. The number of nitrogens with one attached hydrogen (secondary N) is 1. The second-order valence-corrected chi connectivity index (χ2v) is 3.37. The van der Waals surface area contributed by atoms with Crippen molar-refractivity contribution in [3.63, 3.8) is 0 Å². The summed E-state index contributed by atoms with van der Waals surface area (Å²) < 4.78 is 4.59. The molecule has 0 spiro atoms. The number of aryl methyl sites for hydroxylation is 1. The van der Waals surface area contributed by atoms with Crippen molar-refractivity contribution in [3.05, 3.63) is 39.9 Å². The Morgan fingerprint density at radius 1 is 1.33 bits per heavy atom. The van der Waals surface area contributed by atoms with E-state index < -0.39 is 5.97 Å². The fourth-order valence-corrected chi connectivity index (χ4v) is 1.50. The van der Waals surface area contributed by atoms with E-state index >= 15 is 0 Å². The Kier molecular flexibility index (Phi) is 4.59. The molecule has 96 valence electrons. The minimum absolute atomic E-state index is 0.209. The number of carbonyl (C=O) groups excluding carboxylic acids is 1. The van der Waals surface area contributed by atoms with E-state index in [0.717, 1.165) is 0 Å². The van der Waals surface area contributed by atoms with Crippen LogP contribution in [-0.2, 0) is 4.74 Å². The third-order valence-corrected chi connectivity index (χ3v) is 2.25. The summed E-state index contributed by atoms with van der Waals surface area (Å²) in [5.74, 6) is 0.0705. The van der Waals surface area contributed by atoms with Crippen LogP contribution in [0, 0.1) is 6.92 Å². The summed E-state index contributed by atoms with van der Waals surface area (Å²) in [7, 11) is 1.31. The minimum atomic E-state index is -0.443. The molecular formula is C13H16N2O3. The van der Waals surface area contributed by atoms with Gasteiger partial charge in [0.25, 0.3) is 5.56 Å². The van der Waals surface area contributed by atoms with E-state index in [-0.39, 0.29) is 5.56 Å². The van der Waals surface area contributed by atoms with Crippen LogP contribution >= 0.6 is 0 Å². The Balaban J connectivity index is 0.000000771. The van der Waals surface area contributed by atoms with Crippen molar-refractivity contribution >= 4 is 16.9 Å². The Labute approximate surface area is 105 Å². The van der Waals surface area contributed by atoms with Crippen molar-refractivity contribution in [1.82, 2.24) is 9.97 Å². The van der Waals surface area contributed by atoms with Gasteiger partial charge < -0.3 is 9.72 Å². The second-order valence-electron chi connectivity index (χ2n) is 3.37. The molecule has 0 radical (unpaired) electrons. The number of hydrogen-bond acceptors (Lipinski definition) is 4. The summed E-state index contributed by atoms with van der Waals surface area (Å²) in [5.41, 5.74) is 0.663. The number of aromatic nitrogens is 2. The summed E-state index contributed by atoms with van der Waals surface area (Å²) in [6.45, 7) is 5.69. The number of aromatic amines is 1. The average molecular weight is 248 g/mol. The van der Waals surface area contributed by atoms with Crippen molar-refractivity contribution in [2.75, 3.05) is 7.11 Å². The molecule has 0 aliphatic heterocycles. The van der Waals surface area contributed by atoms with E-state index in [1.807, 2.05) is 13.8 Å². The highest BCUT2D eigenvalue weighted by Crippen LogP contribution is 2.11. The second kappa shape index (κ2) is 5.95. The summed E-state index contributed by atoms with van der Waals surface area (Å²) in [6.07, 6.45) is 0. The number of H-pyrrole nitrogens is 1. The third-order valence-electron chi connectivity index (χ3n) is 2.25. The largest absolute Gasteiger partial charge is 0.465 e. The summed E-state index contributed by atoms with van der Waals surface area (Å²) >= 11 is 0. The number of fused-ring (bicyclic) bond motifs is 1. The molecule has 2 rings (SSSR count). The SMILES string of the molecule is CC.COC(=O)c1ccc2c(=O)[nH]c(C)nc2c1. The molecule has 0 aliphatic rings. The number of benzene rings is 1. The zero-order valence-electron chi connectivity index (χ0n) is 10.9. The van der Waals surface area contributed by atoms with Crippen LogP contribution in [0.3, 0.4) is 0 Å². The molecule has 0 atom stereocenters. The Morgan fingerprint density at radius 3 is 2.61 bits per heavy atom. The average Bonchev–Trinajstić information content (AvgIpc) is 2.39. The van der Waals surface area contributed by atoms with Crippen LogP contribution in [-0.4, -0.2) is 23.0 Å². The van der Waals surface area contributed by atoms with Crippen LogP contribution < -0.4 is 5.56 Å². The van der Waals surface area contributed by atoms with E-state index in [1.165, 1.54) is 7.11 Å². The molecule has 1 N–H and O–H groups in total. The van der Waals surface area contributed by atoms with Crippen molar-refractivity contribution in [1.29, 1.82) is 0 Å². The first-order chi connectivity index (χ1) is 8.61. The van der Waals surface area contributed by atoms with Gasteiger partial charge in [0.05, 0.1) is 23.6 Å². The van der Waals surface area contributed by atoms with E-state index in [0.29, 0.717) is 22.3 Å². The maximum atomic E-state index is 11.5. The van der Waals surface area contributed by atoms with Crippen LogP contribution in [0.15, 0.2) is 23.0 Å². The zero-order chi connectivity index (χ0) is 13.7. The fraction of sp³-hybridized carbons (Fsp3) is 0.308. The normalized spacial score (nSPS) is 9.56. The summed E-state index contributed by atoms with van der Waals surface area (Å²) in [6, 6.07) is 4.65. The lowest BCUT2D eigenvalue weighted by atomic mass is 10.1. The molecule has 1 heterocycles. The topological polar surface area (TPSA) is 72.1 Å². The van der Waals surface area contributed by atoms with Gasteiger partial charge in [0.1, 0.15) is 5.82 Å². The van der Waals surface area contributed by atoms with Gasteiger partial charge in [0.2, 0.25) is 0 Å². The van der Waals surface area contributed by atoms with Crippen LogP contribution in [0.1, 0.15) is 30.0 Å². The molecule has 0 aliphatic carbocycles. The first-order valence-electron chi connectivity index (χ1n) is 5.71. The number of esters is 1. The van der Waals surface area contributed by atoms with Gasteiger partial charge in [0, 0.05) is 0 Å². The Morgan fingerprint density at radius 2 is 2.00 bits per heavy atom. The predicted molar refractivity (Wildman–Crippen MR) is 69.8 cm³/mol. The van der Waals surface area contributed by atoms with Gasteiger partial charge in [0.15, 0.2) is 0 Å². The smallest absolute Gasteiger partial charge is 0.337 e.